The molecule has 1 aliphatic heterocycles. The zero-order valence-corrected chi connectivity index (χ0v) is 17.5. The van der Waals surface area contributed by atoms with Gasteiger partial charge in [-0.15, -0.1) is 0 Å². The highest BCUT2D eigenvalue weighted by Gasteiger charge is 2.32. The second kappa shape index (κ2) is 14.0. The Kier molecular flexibility index (Phi) is 13.1. The molecule has 0 radical (unpaired) electrons. The zero-order valence-electron chi connectivity index (χ0n) is 15.6. The van der Waals surface area contributed by atoms with Crippen LogP contribution in [0.4, 0.5) is 0 Å². The largest absolute Gasteiger partial charge is 0.162 e. The molecule has 0 atom stereocenters. The molecule has 0 aromatic heterocycles. The second-order valence-corrected chi connectivity index (χ2v) is 14.3. The molecule has 0 aromatic rings. The monoisotopic (exact) mass is 342 g/mol. The van der Waals surface area contributed by atoms with Gasteiger partial charge in [-0.2, -0.15) is 11.8 Å². The summed E-state index contributed by atoms with van der Waals surface area (Å²) >= 11 is 2.14. The van der Waals surface area contributed by atoms with E-state index in [2.05, 4.69) is 25.2 Å². The molecule has 0 unspecified atom stereocenters. The first-order valence-corrected chi connectivity index (χ1v) is 14.6. The van der Waals surface area contributed by atoms with E-state index in [4.69, 9.17) is 0 Å². The van der Waals surface area contributed by atoms with Crippen LogP contribution in [-0.4, -0.2) is 19.6 Å². The number of thioether (sulfide) groups is 1. The van der Waals surface area contributed by atoms with Crippen molar-refractivity contribution < 1.29 is 0 Å². The van der Waals surface area contributed by atoms with Gasteiger partial charge in [-0.05, 0) is 24.3 Å². The summed E-state index contributed by atoms with van der Waals surface area (Å²) in [4.78, 5) is 0. The smallest absolute Gasteiger partial charge is 0.0504 e. The van der Waals surface area contributed by atoms with Crippen LogP contribution in [0.5, 0.6) is 0 Å². The van der Waals surface area contributed by atoms with Crippen LogP contribution in [0.3, 0.4) is 0 Å². The fraction of sp³-hybridized carbons (Fsp3) is 1.00. The molecule has 1 aliphatic rings. The lowest BCUT2D eigenvalue weighted by atomic mass is 10.1. The molecule has 0 nitrogen and oxygen atoms in total. The average Bonchev–Trinajstić information content (AvgIpc) is 2.49. The van der Waals surface area contributed by atoms with E-state index < -0.39 is 8.07 Å². The van der Waals surface area contributed by atoms with Gasteiger partial charge in [0.05, 0.1) is 8.07 Å². The summed E-state index contributed by atoms with van der Waals surface area (Å²) in [5, 5.41) is 0. The first-order chi connectivity index (χ1) is 10.8. The van der Waals surface area contributed by atoms with Crippen molar-refractivity contribution in [3.63, 3.8) is 0 Å². The SMILES string of the molecule is CCCSCCCCCCCCCCCCC[Si]1(C)CCC1. The minimum Gasteiger partial charge on any atom is -0.162 e. The van der Waals surface area contributed by atoms with Crippen LogP contribution >= 0.6 is 11.8 Å². The fourth-order valence-electron chi connectivity index (χ4n) is 3.62. The molecule has 0 amide bonds. The zero-order chi connectivity index (χ0) is 15.9. The molecule has 1 fully saturated rings. The highest BCUT2D eigenvalue weighted by molar-refractivity contribution is 7.99. The quantitative estimate of drug-likeness (QED) is 0.203. The van der Waals surface area contributed by atoms with Crippen LogP contribution < -0.4 is 0 Å². The predicted octanol–water partition coefficient (Wildman–Crippen LogP) is 7.90. The van der Waals surface area contributed by atoms with Crippen molar-refractivity contribution in [1.82, 2.24) is 0 Å². The van der Waals surface area contributed by atoms with Crippen LogP contribution in [0.25, 0.3) is 0 Å². The molecule has 1 rings (SSSR count). The maximum atomic E-state index is 2.64. The second-order valence-electron chi connectivity index (χ2n) is 7.92. The molecule has 0 aliphatic carbocycles. The van der Waals surface area contributed by atoms with Crippen molar-refractivity contribution in [2.75, 3.05) is 11.5 Å². The molecule has 0 spiro atoms. The average molecular weight is 343 g/mol. The molecule has 1 saturated heterocycles. The van der Waals surface area contributed by atoms with Crippen molar-refractivity contribution in [3.05, 3.63) is 0 Å². The Bertz CT molecular complexity index is 238. The van der Waals surface area contributed by atoms with E-state index in [0.29, 0.717) is 0 Å². The Balaban J connectivity index is 1.66. The van der Waals surface area contributed by atoms with E-state index in [-0.39, 0.29) is 0 Å². The Morgan fingerprint density at radius 3 is 1.64 bits per heavy atom. The standard InChI is InChI=1S/C20H42SSi/c1-3-16-21-17-13-11-9-7-5-4-6-8-10-12-14-18-22(2)19-15-20-22/h3-20H2,1-2H3. The minimum absolute atomic E-state index is 0.603. The number of hydrogen-bond donors (Lipinski definition) is 0. The van der Waals surface area contributed by atoms with Crippen LogP contribution in [0, 0.1) is 0 Å². The lowest BCUT2D eigenvalue weighted by molar-refractivity contribution is 0.553. The van der Waals surface area contributed by atoms with Gasteiger partial charge in [-0.3, -0.25) is 0 Å². The van der Waals surface area contributed by atoms with E-state index in [1.807, 2.05) is 0 Å². The third kappa shape index (κ3) is 11.2. The van der Waals surface area contributed by atoms with Crippen molar-refractivity contribution in [2.24, 2.45) is 0 Å². The Hall–Kier alpha value is 0.567. The van der Waals surface area contributed by atoms with Gasteiger partial charge >= 0.3 is 0 Å². The van der Waals surface area contributed by atoms with Crippen LogP contribution in [0.1, 0.15) is 90.4 Å². The van der Waals surface area contributed by atoms with E-state index in [1.165, 1.54) is 82.1 Å². The summed E-state index contributed by atoms with van der Waals surface area (Å²) in [7, 11) is -0.603. The topological polar surface area (TPSA) is 0 Å². The molecular formula is C20H42SSi. The maximum Gasteiger partial charge on any atom is 0.0504 e. The summed E-state index contributed by atoms with van der Waals surface area (Å²) in [6.45, 7) is 4.92. The fourth-order valence-corrected chi connectivity index (χ4v) is 7.69. The summed E-state index contributed by atoms with van der Waals surface area (Å²) in [5.74, 6) is 2.76. The van der Waals surface area contributed by atoms with E-state index in [1.54, 1.807) is 31.0 Å². The summed E-state index contributed by atoms with van der Waals surface area (Å²) in [6.07, 6.45) is 19.4. The van der Waals surface area contributed by atoms with Gasteiger partial charge in [0.2, 0.25) is 0 Å². The van der Waals surface area contributed by atoms with Gasteiger partial charge in [0.1, 0.15) is 0 Å². The molecule has 0 bridgehead atoms. The first-order valence-electron chi connectivity index (χ1n) is 10.3. The maximum absolute atomic E-state index is 2.64. The van der Waals surface area contributed by atoms with Gasteiger partial charge in [-0.1, -0.05) is 102 Å². The molecule has 1 heterocycles. The van der Waals surface area contributed by atoms with Gasteiger partial charge < -0.3 is 0 Å². The van der Waals surface area contributed by atoms with Crippen molar-refractivity contribution in [3.8, 4) is 0 Å². The Morgan fingerprint density at radius 2 is 1.18 bits per heavy atom. The highest BCUT2D eigenvalue weighted by Crippen LogP contribution is 2.36. The third-order valence-electron chi connectivity index (χ3n) is 5.48. The van der Waals surface area contributed by atoms with Crippen LogP contribution in [0.15, 0.2) is 0 Å². The third-order valence-corrected chi connectivity index (χ3v) is 11.4. The first kappa shape index (κ1) is 20.6. The molecule has 132 valence electrons. The van der Waals surface area contributed by atoms with Gasteiger partial charge in [0, 0.05) is 0 Å². The minimum atomic E-state index is -0.603. The van der Waals surface area contributed by atoms with Crippen LogP contribution in [0.2, 0.25) is 24.7 Å². The highest BCUT2D eigenvalue weighted by atomic mass is 32.2. The molecular weight excluding hydrogens is 300 g/mol. The summed E-state index contributed by atoms with van der Waals surface area (Å²) in [5.41, 5.74) is 0. The number of rotatable bonds is 16. The van der Waals surface area contributed by atoms with Gasteiger partial charge in [-0.25, -0.2) is 0 Å². The molecule has 0 saturated carbocycles. The van der Waals surface area contributed by atoms with E-state index in [0.717, 1.165) is 0 Å². The summed E-state index contributed by atoms with van der Waals surface area (Å²) < 4.78 is 0. The van der Waals surface area contributed by atoms with Crippen LogP contribution in [-0.2, 0) is 0 Å². The Morgan fingerprint density at radius 1 is 0.682 bits per heavy atom. The van der Waals surface area contributed by atoms with Crippen molar-refractivity contribution in [2.45, 2.75) is 115 Å². The van der Waals surface area contributed by atoms with E-state index in [9.17, 15) is 0 Å². The number of hydrogen-bond acceptors (Lipinski definition) is 1. The van der Waals surface area contributed by atoms with Crippen molar-refractivity contribution in [1.29, 1.82) is 0 Å². The lowest BCUT2D eigenvalue weighted by Gasteiger charge is -2.36. The normalized spacial score (nSPS) is 16.6. The molecule has 22 heavy (non-hydrogen) atoms. The Labute approximate surface area is 146 Å². The lowest BCUT2D eigenvalue weighted by Crippen LogP contribution is -2.37. The molecule has 0 N–H and O–H groups in total. The van der Waals surface area contributed by atoms with Gasteiger partial charge in [0.25, 0.3) is 0 Å². The van der Waals surface area contributed by atoms with Crippen molar-refractivity contribution >= 4 is 19.8 Å². The number of unbranched alkanes of at least 4 members (excludes halogenated alkanes) is 10. The predicted molar refractivity (Wildman–Crippen MR) is 109 cm³/mol. The van der Waals surface area contributed by atoms with Gasteiger partial charge in [0.15, 0.2) is 0 Å². The summed E-state index contributed by atoms with van der Waals surface area (Å²) in [6, 6.07) is 4.93. The molecule has 2 heteroatoms. The van der Waals surface area contributed by atoms with E-state index >= 15 is 0 Å². The molecule has 0 aromatic carbocycles.